The third-order valence-corrected chi connectivity index (χ3v) is 3.78. The minimum atomic E-state index is -0.00361. The Morgan fingerprint density at radius 2 is 2.59 bits per heavy atom. The number of thiazole rings is 1. The topological polar surface area (TPSA) is 68.5 Å². The Kier molecular flexibility index (Phi) is 4.09. The molecule has 1 amide bonds. The number of carbonyl (C=O) groups excluding carboxylic acids is 1. The first-order valence-electron chi connectivity index (χ1n) is 5.79. The van der Waals surface area contributed by atoms with Gasteiger partial charge in [0.15, 0.2) is 0 Å². The number of rotatable bonds is 3. The zero-order chi connectivity index (χ0) is 12.3. The normalized spacial score (nSPS) is 20.6. The summed E-state index contributed by atoms with van der Waals surface area (Å²) >= 11 is 1.44. The number of amides is 1. The molecular weight excluding hydrogens is 238 g/mol. The van der Waals surface area contributed by atoms with Gasteiger partial charge in [0.25, 0.3) is 5.91 Å². The summed E-state index contributed by atoms with van der Waals surface area (Å²) in [5.74, 6) is -0.00361. The van der Waals surface area contributed by atoms with Crippen molar-refractivity contribution in [3.8, 4) is 0 Å². The molecule has 17 heavy (non-hydrogen) atoms. The van der Waals surface area contributed by atoms with E-state index >= 15 is 0 Å². The van der Waals surface area contributed by atoms with E-state index in [9.17, 15) is 4.79 Å². The molecule has 5 nitrogen and oxygen atoms in total. The van der Waals surface area contributed by atoms with Gasteiger partial charge in [0.1, 0.15) is 10.7 Å². The highest BCUT2D eigenvalue weighted by Crippen LogP contribution is 2.16. The van der Waals surface area contributed by atoms with Crippen LogP contribution in [0, 0.1) is 0 Å². The second-order valence-electron chi connectivity index (χ2n) is 3.97. The molecule has 1 aliphatic heterocycles. The molecule has 0 bridgehead atoms. The monoisotopic (exact) mass is 255 g/mol. The van der Waals surface area contributed by atoms with Crippen molar-refractivity contribution in [3.63, 3.8) is 0 Å². The largest absolute Gasteiger partial charge is 0.377 e. The Balaban J connectivity index is 2.12. The third kappa shape index (κ3) is 2.65. The summed E-state index contributed by atoms with van der Waals surface area (Å²) in [7, 11) is 0. The fraction of sp³-hybridized carbons (Fsp3) is 0.636. The average Bonchev–Trinajstić information content (AvgIpc) is 2.86. The third-order valence-electron chi connectivity index (χ3n) is 2.91. The van der Waals surface area contributed by atoms with Gasteiger partial charge < -0.3 is 15.4 Å². The number of aromatic nitrogens is 1. The second kappa shape index (κ2) is 5.57. The Hall–Kier alpha value is -0.980. The highest BCUT2D eigenvalue weighted by Gasteiger charge is 2.27. The van der Waals surface area contributed by atoms with Gasteiger partial charge in [-0.2, -0.15) is 0 Å². The van der Waals surface area contributed by atoms with Crippen molar-refractivity contribution in [2.24, 2.45) is 5.73 Å². The summed E-state index contributed by atoms with van der Waals surface area (Å²) in [6.07, 6.45) is 0.902. The number of nitrogens with two attached hydrogens (primary N) is 1. The minimum absolute atomic E-state index is 0.00361. The highest BCUT2D eigenvalue weighted by molar-refractivity contribution is 7.09. The Bertz CT molecular complexity index is 394. The Labute approximate surface area is 105 Å². The molecule has 1 saturated heterocycles. The lowest BCUT2D eigenvalue weighted by molar-refractivity contribution is -0.00307. The van der Waals surface area contributed by atoms with Crippen LogP contribution in [0.1, 0.15) is 28.8 Å². The molecule has 2 N–H and O–H groups in total. The van der Waals surface area contributed by atoms with E-state index < -0.39 is 0 Å². The van der Waals surface area contributed by atoms with E-state index in [0.29, 0.717) is 32.0 Å². The van der Waals surface area contributed by atoms with Crippen molar-refractivity contribution in [3.05, 3.63) is 16.1 Å². The average molecular weight is 255 g/mol. The molecule has 0 radical (unpaired) electrons. The minimum Gasteiger partial charge on any atom is -0.377 e. The Morgan fingerprint density at radius 3 is 3.24 bits per heavy atom. The maximum absolute atomic E-state index is 12.3. The van der Waals surface area contributed by atoms with Gasteiger partial charge in [-0.05, 0) is 6.42 Å². The SMILES string of the molecule is CC[C@H]1COCCN1C(=O)c1csc(CN)n1. The molecular formula is C11H17N3O2S. The second-order valence-corrected chi connectivity index (χ2v) is 4.91. The van der Waals surface area contributed by atoms with Crippen molar-refractivity contribution < 1.29 is 9.53 Å². The maximum atomic E-state index is 12.3. The van der Waals surface area contributed by atoms with Crippen molar-refractivity contribution in [1.29, 1.82) is 0 Å². The lowest BCUT2D eigenvalue weighted by Crippen LogP contribution is -2.48. The van der Waals surface area contributed by atoms with Crippen LogP contribution >= 0.6 is 11.3 Å². The van der Waals surface area contributed by atoms with Crippen molar-refractivity contribution in [2.45, 2.75) is 25.9 Å². The first-order chi connectivity index (χ1) is 8.26. The predicted octanol–water partition coefficient (Wildman–Crippen LogP) is 0.853. The van der Waals surface area contributed by atoms with Crippen LogP contribution in [0.3, 0.4) is 0 Å². The van der Waals surface area contributed by atoms with Gasteiger partial charge in [-0.3, -0.25) is 4.79 Å². The number of hydrogen-bond donors (Lipinski definition) is 1. The van der Waals surface area contributed by atoms with Gasteiger partial charge in [0.05, 0.1) is 19.3 Å². The molecule has 1 atom stereocenters. The van der Waals surface area contributed by atoms with Crippen LogP contribution in [0.5, 0.6) is 0 Å². The van der Waals surface area contributed by atoms with Crippen LogP contribution in [0.15, 0.2) is 5.38 Å². The summed E-state index contributed by atoms with van der Waals surface area (Å²) in [5, 5.41) is 2.59. The standard InChI is InChI=1S/C11H17N3O2S/c1-2-8-6-16-4-3-14(8)11(15)9-7-17-10(5-12)13-9/h7-8H,2-6,12H2,1H3/t8-/m0/s1. The van der Waals surface area contributed by atoms with E-state index in [2.05, 4.69) is 11.9 Å². The first-order valence-corrected chi connectivity index (χ1v) is 6.67. The number of hydrogen-bond acceptors (Lipinski definition) is 5. The molecule has 0 aliphatic carbocycles. The number of morpholine rings is 1. The lowest BCUT2D eigenvalue weighted by atomic mass is 10.1. The molecule has 1 aromatic rings. The molecule has 1 aliphatic rings. The highest BCUT2D eigenvalue weighted by atomic mass is 32.1. The molecule has 0 unspecified atom stereocenters. The number of nitrogens with zero attached hydrogens (tertiary/aromatic N) is 2. The zero-order valence-corrected chi connectivity index (χ0v) is 10.7. The molecule has 0 saturated carbocycles. The molecule has 0 spiro atoms. The predicted molar refractivity (Wildman–Crippen MR) is 65.9 cm³/mol. The zero-order valence-electron chi connectivity index (χ0n) is 9.89. The number of ether oxygens (including phenoxy) is 1. The van der Waals surface area contributed by atoms with Gasteiger partial charge in [-0.25, -0.2) is 4.98 Å². The maximum Gasteiger partial charge on any atom is 0.273 e. The molecule has 2 rings (SSSR count). The van der Waals surface area contributed by atoms with Crippen molar-refractivity contribution in [2.75, 3.05) is 19.8 Å². The molecule has 94 valence electrons. The smallest absolute Gasteiger partial charge is 0.273 e. The summed E-state index contributed by atoms with van der Waals surface area (Å²) in [6, 6.07) is 0.166. The van der Waals surface area contributed by atoms with Crippen LogP contribution in [0.25, 0.3) is 0 Å². The van der Waals surface area contributed by atoms with Gasteiger partial charge in [0, 0.05) is 18.5 Å². The fourth-order valence-corrected chi connectivity index (χ4v) is 2.56. The summed E-state index contributed by atoms with van der Waals surface area (Å²) in [4.78, 5) is 18.4. The molecule has 6 heteroatoms. The van der Waals surface area contributed by atoms with Gasteiger partial charge >= 0.3 is 0 Å². The van der Waals surface area contributed by atoms with E-state index in [1.807, 2.05) is 4.90 Å². The molecule has 1 aromatic heterocycles. The summed E-state index contributed by atoms with van der Waals surface area (Å²) < 4.78 is 5.38. The van der Waals surface area contributed by atoms with Crippen LogP contribution < -0.4 is 5.73 Å². The van der Waals surface area contributed by atoms with E-state index in [1.165, 1.54) is 11.3 Å². The summed E-state index contributed by atoms with van der Waals surface area (Å²) in [5.41, 5.74) is 6.01. The summed E-state index contributed by atoms with van der Waals surface area (Å²) in [6.45, 7) is 4.32. The van der Waals surface area contributed by atoms with Gasteiger partial charge in [-0.1, -0.05) is 6.92 Å². The molecule has 1 fully saturated rings. The first kappa shape index (κ1) is 12.5. The molecule has 2 heterocycles. The lowest BCUT2D eigenvalue weighted by Gasteiger charge is -2.34. The fourth-order valence-electron chi connectivity index (χ4n) is 1.91. The van der Waals surface area contributed by atoms with Crippen LogP contribution in [0.4, 0.5) is 0 Å². The van der Waals surface area contributed by atoms with Crippen LogP contribution in [-0.4, -0.2) is 41.6 Å². The van der Waals surface area contributed by atoms with Gasteiger partial charge in [0.2, 0.25) is 0 Å². The van der Waals surface area contributed by atoms with E-state index in [-0.39, 0.29) is 11.9 Å². The Morgan fingerprint density at radius 1 is 1.76 bits per heavy atom. The number of carbonyl (C=O) groups is 1. The van der Waals surface area contributed by atoms with Crippen LogP contribution in [0.2, 0.25) is 0 Å². The van der Waals surface area contributed by atoms with E-state index in [1.54, 1.807) is 5.38 Å². The molecule has 0 aromatic carbocycles. The van der Waals surface area contributed by atoms with Crippen molar-refractivity contribution >= 4 is 17.2 Å². The van der Waals surface area contributed by atoms with E-state index in [4.69, 9.17) is 10.5 Å². The van der Waals surface area contributed by atoms with Gasteiger partial charge in [-0.15, -0.1) is 11.3 Å². The van der Waals surface area contributed by atoms with Crippen LogP contribution in [-0.2, 0) is 11.3 Å². The van der Waals surface area contributed by atoms with E-state index in [0.717, 1.165) is 11.4 Å². The van der Waals surface area contributed by atoms with Crippen molar-refractivity contribution in [1.82, 2.24) is 9.88 Å². The quantitative estimate of drug-likeness (QED) is 0.869.